The zero-order chi connectivity index (χ0) is 19.5. The number of hydrogen-bond donors (Lipinski definition) is 0. The summed E-state index contributed by atoms with van der Waals surface area (Å²) in [6.45, 7) is 11.2. The fraction of sp³-hybridized carbons (Fsp3) is 0.458. The Labute approximate surface area is 181 Å². The molecule has 28 heavy (non-hydrogen) atoms. The molecule has 0 aliphatic heterocycles. The van der Waals surface area contributed by atoms with E-state index in [1.165, 1.54) is 11.1 Å². The number of esters is 1. The Morgan fingerprint density at radius 3 is 1.64 bits per heavy atom. The van der Waals surface area contributed by atoms with Crippen molar-refractivity contribution in [2.45, 2.75) is 33.6 Å². The van der Waals surface area contributed by atoms with E-state index < -0.39 is 0 Å². The van der Waals surface area contributed by atoms with Crippen LogP contribution in [0, 0.1) is 5.92 Å². The Kier molecular flexibility index (Phi) is 11.1. The topological polar surface area (TPSA) is 26.3 Å². The normalized spacial score (nSPS) is 11.1. The SMILES string of the molecule is CC[N+](CC)(CC)CCOC(=O)C(Cc1ccccc1)Cc1ccccc1.[Br-]. The molecule has 0 atom stereocenters. The van der Waals surface area contributed by atoms with Gasteiger partial charge in [-0.1, -0.05) is 60.7 Å². The maximum Gasteiger partial charge on any atom is 0.309 e. The van der Waals surface area contributed by atoms with Crippen molar-refractivity contribution in [3.63, 3.8) is 0 Å². The Balaban J connectivity index is 0.00000392. The molecule has 0 aromatic heterocycles. The van der Waals surface area contributed by atoms with Crippen molar-refractivity contribution in [2.75, 3.05) is 32.8 Å². The van der Waals surface area contributed by atoms with Crippen molar-refractivity contribution in [1.29, 1.82) is 0 Å². The van der Waals surface area contributed by atoms with Crippen molar-refractivity contribution < 1.29 is 31.0 Å². The largest absolute Gasteiger partial charge is 1.00 e. The van der Waals surface area contributed by atoms with Crippen LogP contribution >= 0.6 is 0 Å². The summed E-state index contributed by atoms with van der Waals surface area (Å²) in [5, 5.41) is 0. The monoisotopic (exact) mass is 447 g/mol. The van der Waals surface area contributed by atoms with Crippen LogP contribution in [0.2, 0.25) is 0 Å². The summed E-state index contributed by atoms with van der Waals surface area (Å²) in [4.78, 5) is 12.9. The number of hydrogen-bond acceptors (Lipinski definition) is 2. The van der Waals surface area contributed by atoms with Crippen molar-refractivity contribution in [2.24, 2.45) is 5.92 Å². The lowest BCUT2D eigenvalue weighted by Gasteiger charge is -2.35. The number of halogens is 1. The highest BCUT2D eigenvalue weighted by molar-refractivity contribution is 5.73. The van der Waals surface area contributed by atoms with Crippen LogP contribution < -0.4 is 17.0 Å². The molecule has 0 saturated carbocycles. The molecule has 0 unspecified atom stereocenters. The minimum atomic E-state index is -0.151. The highest BCUT2D eigenvalue weighted by atomic mass is 79.9. The third-order valence-corrected chi connectivity index (χ3v) is 5.81. The highest BCUT2D eigenvalue weighted by Gasteiger charge is 2.24. The number of quaternary nitrogens is 1. The lowest BCUT2D eigenvalue weighted by Crippen LogP contribution is -3.00. The number of benzene rings is 2. The third kappa shape index (κ3) is 7.40. The van der Waals surface area contributed by atoms with E-state index >= 15 is 0 Å². The smallest absolute Gasteiger partial charge is 0.309 e. The summed E-state index contributed by atoms with van der Waals surface area (Å²) in [5.74, 6) is -0.231. The lowest BCUT2D eigenvalue weighted by molar-refractivity contribution is -0.923. The average Bonchev–Trinajstić information content (AvgIpc) is 2.72. The number of nitrogens with zero attached hydrogens (tertiary/aromatic N) is 1. The zero-order valence-electron chi connectivity index (χ0n) is 17.4. The van der Waals surface area contributed by atoms with Gasteiger partial charge in [0.1, 0.15) is 13.2 Å². The Hall–Kier alpha value is -1.65. The molecular weight excluding hydrogens is 414 g/mol. The molecule has 0 N–H and O–H groups in total. The predicted molar refractivity (Wildman–Crippen MR) is 111 cm³/mol. The van der Waals surface area contributed by atoms with E-state index in [0.717, 1.165) is 30.7 Å². The minimum Gasteiger partial charge on any atom is -1.00 e. The van der Waals surface area contributed by atoms with Crippen LogP contribution in [0.15, 0.2) is 60.7 Å². The van der Waals surface area contributed by atoms with Gasteiger partial charge in [0.2, 0.25) is 0 Å². The zero-order valence-corrected chi connectivity index (χ0v) is 19.0. The van der Waals surface area contributed by atoms with E-state index in [4.69, 9.17) is 4.74 Å². The van der Waals surface area contributed by atoms with Crippen LogP contribution in [0.3, 0.4) is 0 Å². The van der Waals surface area contributed by atoms with Crippen LogP contribution in [0.1, 0.15) is 31.9 Å². The second-order valence-corrected chi connectivity index (χ2v) is 7.26. The van der Waals surface area contributed by atoms with E-state index in [9.17, 15) is 4.79 Å². The Bertz CT molecular complexity index is 622. The van der Waals surface area contributed by atoms with Gasteiger partial charge >= 0.3 is 5.97 Å². The Morgan fingerprint density at radius 1 is 0.821 bits per heavy atom. The summed E-state index contributed by atoms with van der Waals surface area (Å²) in [7, 11) is 0. The number of carbonyl (C=O) groups excluding carboxylic acids is 1. The fourth-order valence-electron chi connectivity index (χ4n) is 3.64. The molecule has 154 valence electrons. The first-order valence-corrected chi connectivity index (χ1v) is 10.2. The van der Waals surface area contributed by atoms with Crippen LogP contribution in [0.25, 0.3) is 0 Å². The maximum atomic E-state index is 12.9. The molecule has 0 aliphatic carbocycles. The summed E-state index contributed by atoms with van der Waals surface area (Å²) in [5.41, 5.74) is 2.35. The summed E-state index contributed by atoms with van der Waals surface area (Å²) in [6.07, 6.45) is 1.42. The van der Waals surface area contributed by atoms with Gasteiger partial charge in [0, 0.05) is 0 Å². The molecule has 0 saturated heterocycles. The van der Waals surface area contributed by atoms with Gasteiger partial charge < -0.3 is 26.2 Å². The number of likely N-dealkylation sites (N-methyl/N-ethyl adjacent to an activating group) is 1. The van der Waals surface area contributed by atoms with E-state index in [2.05, 4.69) is 45.0 Å². The number of ether oxygens (including phenoxy) is 1. The van der Waals surface area contributed by atoms with Crippen LogP contribution in [0.4, 0.5) is 0 Å². The van der Waals surface area contributed by atoms with Gasteiger partial charge in [-0.15, -0.1) is 0 Å². The molecule has 0 heterocycles. The van der Waals surface area contributed by atoms with E-state index in [1.54, 1.807) is 0 Å². The first-order chi connectivity index (χ1) is 13.1. The van der Waals surface area contributed by atoms with Crippen molar-refractivity contribution >= 4 is 5.97 Å². The fourth-order valence-corrected chi connectivity index (χ4v) is 3.64. The summed E-state index contributed by atoms with van der Waals surface area (Å²) in [6, 6.07) is 20.4. The highest BCUT2D eigenvalue weighted by Crippen LogP contribution is 2.17. The van der Waals surface area contributed by atoms with Crippen LogP contribution in [-0.2, 0) is 22.4 Å². The van der Waals surface area contributed by atoms with Gasteiger partial charge in [-0.05, 0) is 44.7 Å². The quantitative estimate of drug-likeness (QED) is 0.385. The third-order valence-electron chi connectivity index (χ3n) is 5.81. The second-order valence-electron chi connectivity index (χ2n) is 7.26. The molecule has 0 fully saturated rings. The maximum absolute atomic E-state index is 12.9. The second kappa shape index (κ2) is 12.7. The standard InChI is InChI=1S/C24H34NO2.BrH/c1-4-25(5-2,6-3)17-18-27-24(26)23(19-21-13-9-7-10-14-21)20-22-15-11-8-12-16-22;/h7-16,23H,4-6,17-20H2,1-3H3;1H/q+1;/p-1. The molecule has 2 aromatic rings. The van der Waals surface area contributed by atoms with Gasteiger partial charge in [-0.25, -0.2) is 0 Å². The number of rotatable bonds is 11. The van der Waals surface area contributed by atoms with Crippen molar-refractivity contribution in [3.8, 4) is 0 Å². The first kappa shape index (κ1) is 24.4. The van der Waals surface area contributed by atoms with Gasteiger partial charge in [0.05, 0.1) is 25.6 Å². The van der Waals surface area contributed by atoms with Gasteiger partial charge in [0.15, 0.2) is 0 Å². The molecular formula is C24H34BrNO2. The number of carbonyl (C=O) groups is 1. The molecule has 3 nitrogen and oxygen atoms in total. The molecule has 2 rings (SSSR count). The van der Waals surface area contributed by atoms with Crippen molar-refractivity contribution in [3.05, 3.63) is 71.8 Å². The lowest BCUT2D eigenvalue weighted by atomic mass is 9.92. The van der Waals surface area contributed by atoms with Crippen LogP contribution in [0.5, 0.6) is 0 Å². The first-order valence-electron chi connectivity index (χ1n) is 10.2. The Morgan fingerprint density at radius 2 is 1.25 bits per heavy atom. The molecule has 4 heteroatoms. The van der Waals surface area contributed by atoms with Gasteiger partial charge in [0.25, 0.3) is 0 Å². The van der Waals surface area contributed by atoms with Gasteiger partial charge in [-0.2, -0.15) is 0 Å². The molecule has 0 radical (unpaired) electrons. The molecule has 0 spiro atoms. The summed E-state index contributed by atoms with van der Waals surface area (Å²) >= 11 is 0. The van der Waals surface area contributed by atoms with Crippen molar-refractivity contribution in [1.82, 2.24) is 0 Å². The molecule has 2 aromatic carbocycles. The van der Waals surface area contributed by atoms with E-state index in [-0.39, 0.29) is 28.9 Å². The average molecular weight is 448 g/mol. The van der Waals surface area contributed by atoms with E-state index in [1.807, 2.05) is 36.4 Å². The molecule has 0 bridgehead atoms. The minimum absolute atomic E-state index is 0. The molecule has 0 aliphatic rings. The van der Waals surface area contributed by atoms with Crippen LogP contribution in [-0.4, -0.2) is 43.2 Å². The molecule has 0 amide bonds. The van der Waals surface area contributed by atoms with Gasteiger partial charge in [-0.3, -0.25) is 4.79 Å². The van der Waals surface area contributed by atoms with E-state index in [0.29, 0.717) is 19.4 Å². The predicted octanol–water partition coefficient (Wildman–Crippen LogP) is 1.51. The summed E-state index contributed by atoms with van der Waals surface area (Å²) < 4.78 is 6.75.